The van der Waals surface area contributed by atoms with Crippen molar-refractivity contribution in [2.45, 2.75) is 56.1 Å². The number of carbonyl (C=O) groups is 1. The van der Waals surface area contributed by atoms with Crippen molar-refractivity contribution < 1.29 is 57.4 Å². The van der Waals surface area contributed by atoms with Gasteiger partial charge in [-0.15, -0.1) is 0 Å². The Morgan fingerprint density at radius 2 is 1.71 bits per heavy atom. The minimum Gasteiger partial charge on any atom is -0.486 e. The Morgan fingerprint density at radius 3 is 2.29 bits per heavy atom. The van der Waals surface area contributed by atoms with Crippen LogP contribution in [-0.2, 0) is 30.8 Å². The third-order valence-corrected chi connectivity index (χ3v) is 9.62. The molecule has 0 radical (unpaired) electrons. The number of ether oxygens (including phenoxy) is 2. The van der Waals surface area contributed by atoms with E-state index in [1.807, 2.05) is 0 Å². The molecule has 0 aliphatic carbocycles. The molecule has 0 saturated heterocycles. The normalized spacial score (nSPS) is 16.5. The molecule has 0 spiro atoms. The first-order chi connectivity index (χ1) is 18.7. The van der Waals surface area contributed by atoms with Gasteiger partial charge in [0.15, 0.2) is 0 Å². The van der Waals surface area contributed by atoms with Crippen LogP contribution in [0.15, 0.2) is 47.4 Å². The van der Waals surface area contributed by atoms with Crippen molar-refractivity contribution >= 4 is 37.3 Å². The van der Waals surface area contributed by atoms with Gasteiger partial charge >= 0.3 is 18.4 Å². The summed E-state index contributed by atoms with van der Waals surface area (Å²) in [5.41, 5.74) is -4.57. The molecule has 1 unspecified atom stereocenters. The molecular formula is C24H26F6N2O7S2. The van der Waals surface area contributed by atoms with Crippen LogP contribution in [0.25, 0.3) is 0 Å². The largest absolute Gasteiger partial charge is 0.486 e. The molecule has 0 aromatic heterocycles. The number of alkyl halides is 6. The summed E-state index contributed by atoms with van der Waals surface area (Å²) in [4.78, 5) is 11.4. The van der Waals surface area contributed by atoms with Gasteiger partial charge in [0, 0.05) is 11.4 Å². The van der Waals surface area contributed by atoms with Gasteiger partial charge in [-0.05, 0) is 56.7 Å². The first kappa shape index (κ1) is 32.3. The van der Waals surface area contributed by atoms with Gasteiger partial charge in [-0.3, -0.25) is 9.62 Å². The van der Waals surface area contributed by atoms with Crippen molar-refractivity contribution in [1.29, 1.82) is 0 Å². The van der Waals surface area contributed by atoms with E-state index in [4.69, 9.17) is 4.74 Å². The number of rotatable bonds is 8. The minimum atomic E-state index is -4.90. The second-order valence-corrected chi connectivity index (χ2v) is 13.9. The summed E-state index contributed by atoms with van der Waals surface area (Å²) in [6.45, 7) is 2.15. The van der Waals surface area contributed by atoms with Crippen LogP contribution in [0.5, 0.6) is 5.75 Å². The molecular weight excluding hydrogens is 606 g/mol. The smallest absolute Gasteiger partial charge is 0.427 e. The number of halogens is 6. The molecule has 1 aliphatic rings. The topological polar surface area (TPSA) is 119 Å². The summed E-state index contributed by atoms with van der Waals surface area (Å²) in [6, 6.07) is 6.32. The van der Waals surface area contributed by atoms with E-state index in [0.717, 1.165) is 18.2 Å². The lowest BCUT2D eigenvalue weighted by atomic mass is 10.1. The van der Waals surface area contributed by atoms with Crippen molar-refractivity contribution in [1.82, 2.24) is 0 Å². The number of sulfonamides is 1. The summed E-state index contributed by atoms with van der Waals surface area (Å²) < 4.78 is 141. The number of benzene rings is 2. The molecule has 17 heteroatoms. The van der Waals surface area contributed by atoms with E-state index in [-0.39, 0.29) is 35.1 Å². The Kier molecular flexibility index (Phi) is 8.85. The van der Waals surface area contributed by atoms with Crippen LogP contribution in [0.3, 0.4) is 0 Å². The van der Waals surface area contributed by atoms with E-state index in [1.165, 1.54) is 19.1 Å². The molecule has 228 valence electrons. The minimum absolute atomic E-state index is 0.125. The van der Waals surface area contributed by atoms with Crippen LogP contribution in [0.1, 0.15) is 32.8 Å². The average molecular weight is 633 g/mol. The predicted octanol–water partition coefficient (Wildman–Crippen LogP) is 5.38. The lowest BCUT2D eigenvalue weighted by molar-refractivity contribution is -0.242. The highest BCUT2D eigenvalue weighted by atomic mass is 32.2. The van der Waals surface area contributed by atoms with Crippen LogP contribution >= 0.6 is 0 Å². The third-order valence-electron chi connectivity index (χ3n) is 6.11. The quantitative estimate of drug-likeness (QED) is 0.389. The molecule has 1 aliphatic heterocycles. The number of nitrogens with one attached hydrogen (secondary N) is 1. The first-order valence-electron chi connectivity index (χ1n) is 11.9. The average Bonchev–Trinajstić information content (AvgIpc) is 2.85. The zero-order valence-corrected chi connectivity index (χ0v) is 23.5. The number of hydrogen-bond donors (Lipinski definition) is 1. The highest BCUT2D eigenvalue weighted by Crippen LogP contribution is 2.41. The molecule has 1 atom stereocenters. The number of hydrogen-bond acceptors (Lipinski definition) is 7. The van der Waals surface area contributed by atoms with Crippen molar-refractivity contribution in [3.05, 3.63) is 48.0 Å². The number of carbonyl (C=O) groups excluding carboxylic acids is 1. The fourth-order valence-electron chi connectivity index (χ4n) is 3.62. The lowest BCUT2D eigenvalue weighted by Crippen LogP contribution is -2.45. The predicted molar refractivity (Wildman–Crippen MR) is 136 cm³/mol. The Hall–Kier alpha value is -3.21. The Balaban J connectivity index is 2.02. The fourth-order valence-corrected chi connectivity index (χ4v) is 6.07. The van der Waals surface area contributed by atoms with Crippen molar-refractivity contribution in [2.24, 2.45) is 0 Å². The van der Waals surface area contributed by atoms with Gasteiger partial charge < -0.3 is 9.47 Å². The lowest BCUT2D eigenvalue weighted by Gasteiger charge is -2.36. The molecule has 9 nitrogen and oxygen atoms in total. The van der Waals surface area contributed by atoms with Gasteiger partial charge in [0.2, 0.25) is 5.60 Å². The highest BCUT2D eigenvalue weighted by Gasteiger charge is 2.51. The van der Waals surface area contributed by atoms with E-state index in [0.29, 0.717) is 30.3 Å². The van der Waals surface area contributed by atoms with Gasteiger partial charge in [0.05, 0.1) is 28.4 Å². The van der Waals surface area contributed by atoms with Gasteiger partial charge in [-0.25, -0.2) is 21.6 Å². The second-order valence-electron chi connectivity index (χ2n) is 9.53. The Morgan fingerprint density at radius 1 is 1.05 bits per heavy atom. The van der Waals surface area contributed by atoms with Gasteiger partial charge in [0.25, 0.3) is 10.0 Å². The second kappa shape index (κ2) is 11.2. The summed E-state index contributed by atoms with van der Waals surface area (Å²) >= 11 is 0. The molecule has 0 fully saturated rings. The van der Waals surface area contributed by atoms with Crippen LogP contribution in [-0.4, -0.2) is 58.9 Å². The van der Waals surface area contributed by atoms with E-state index >= 15 is 0 Å². The Bertz CT molecular complexity index is 1510. The zero-order valence-electron chi connectivity index (χ0n) is 21.8. The summed E-state index contributed by atoms with van der Waals surface area (Å²) in [6.07, 6.45) is -12.4. The van der Waals surface area contributed by atoms with E-state index in [2.05, 4.69) is 10.1 Å². The summed E-state index contributed by atoms with van der Waals surface area (Å²) in [7, 11) is -8.22. The van der Waals surface area contributed by atoms with E-state index in [1.54, 1.807) is 0 Å². The van der Waals surface area contributed by atoms with Crippen molar-refractivity contribution in [3.8, 4) is 5.75 Å². The van der Waals surface area contributed by atoms with E-state index < -0.39 is 67.0 Å². The maximum absolute atomic E-state index is 13.6. The van der Waals surface area contributed by atoms with Crippen LogP contribution in [0, 0.1) is 0 Å². The van der Waals surface area contributed by atoms with Crippen molar-refractivity contribution in [3.63, 3.8) is 0 Å². The molecule has 41 heavy (non-hydrogen) atoms. The molecule has 0 saturated carbocycles. The van der Waals surface area contributed by atoms with E-state index in [9.17, 15) is 48.0 Å². The summed E-state index contributed by atoms with van der Waals surface area (Å²) in [5, 5.41) is 2.06. The SMILES string of the molecule is CCS(=O)(=O)CCC1CN(S(=O)(=O)c2cccc(C(F)(F)F)c2)c2cc(NC(=O)OC(C)(C)C(F)(F)F)ccc2O1. The molecule has 3 rings (SSSR count). The number of anilines is 2. The third kappa shape index (κ3) is 7.55. The molecule has 0 bridgehead atoms. The number of amides is 1. The highest BCUT2D eigenvalue weighted by molar-refractivity contribution is 7.93. The van der Waals surface area contributed by atoms with Crippen LogP contribution in [0.2, 0.25) is 0 Å². The molecule has 2 aromatic carbocycles. The summed E-state index contributed by atoms with van der Waals surface area (Å²) in [5.74, 6) is -0.666. The first-order valence-corrected chi connectivity index (χ1v) is 15.2. The molecule has 1 amide bonds. The van der Waals surface area contributed by atoms with Gasteiger partial charge in [-0.1, -0.05) is 13.0 Å². The number of nitrogens with zero attached hydrogens (tertiary/aromatic N) is 1. The van der Waals surface area contributed by atoms with Crippen molar-refractivity contribution in [2.75, 3.05) is 27.7 Å². The maximum Gasteiger partial charge on any atom is 0.427 e. The maximum atomic E-state index is 13.6. The monoisotopic (exact) mass is 632 g/mol. The van der Waals surface area contributed by atoms with Crippen LogP contribution < -0.4 is 14.4 Å². The molecule has 1 N–H and O–H groups in total. The zero-order chi connectivity index (χ0) is 31.0. The van der Waals surface area contributed by atoms with Crippen LogP contribution in [0.4, 0.5) is 42.5 Å². The number of sulfone groups is 1. The standard InChI is InChI=1S/C24H26F6N2O7S2/c1-4-40(34,35)11-10-17-14-32(41(36,37)18-7-5-6-15(12-18)23(25,26)27)19-13-16(8-9-20(19)38-17)31-21(33)39-22(2,3)24(28,29)30/h5-9,12-13,17H,4,10-11,14H2,1-3H3,(H,31,33). The molecule has 2 aromatic rings. The van der Waals surface area contributed by atoms with Gasteiger partial charge in [-0.2, -0.15) is 26.3 Å². The number of fused-ring (bicyclic) bond motifs is 1. The Labute approximate surface area is 232 Å². The fraction of sp³-hybridized carbons (Fsp3) is 0.458. The van der Waals surface area contributed by atoms with Gasteiger partial charge in [0.1, 0.15) is 21.7 Å². The molecule has 1 heterocycles.